The summed E-state index contributed by atoms with van der Waals surface area (Å²) in [4.78, 5) is 11.1. The van der Waals surface area contributed by atoms with Crippen LogP contribution in [0.3, 0.4) is 0 Å². The number of methoxy groups -OCH3 is 1. The quantitative estimate of drug-likeness (QED) is 0.637. The SMILES string of the molecule is COCc1nn(CCOCC(F)F)c(=O)o1. The molecule has 1 heterocycles. The molecule has 0 saturated carbocycles. The fourth-order valence-corrected chi connectivity index (χ4v) is 0.996. The highest BCUT2D eigenvalue weighted by atomic mass is 19.3. The van der Waals surface area contributed by atoms with Crippen molar-refractivity contribution in [2.75, 3.05) is 20.3 Å². The van der Waals surface area contributed by atoms with Gasteiger partial charge >= 0.3 is 5.76 Å². The second kappa shape index (κ2) is 6.33. The molecule has 0 aliphatic carbocycles. The van der Waals surface area contributed by atoms with E-state index < -0.39 is 18.8 Å². The van der Waals surface area contributed by atoms with Gasteiger partial charge in [-0.15, -0.1) is 5.10 Å². The van der Waals surface area contributed by atoms with Crippen LogP contribution in [0.2, 0.25) is 0 Å². The lowest BCUT2D eigenvalue weighted by Gasteiger charge is -2.01. The Morgan fingerprint density at radius 1 is 1.56 bits per heavy atom. The number of aromatic nitrogens is 2. The molecule has 1 aromatic heterocycles. The molecule has 0 N–H and O–H groups in total. The molecule has 0 saturated heterocycles. The molecule has 0 aliphatic heterocycles. The number of halogens is 2. The van der Waals surface area contributed by atoms with Gasteiger partial charge in [0.25, 0.3) is 6.43 Å². The van der Waals surface area contributed by atoms with Gasteiger partial charge in [0, 0.05) is 7.11 Å². The number of nitrogens with zero attached hydrogens (tertiary/aromatic N) is 2. The first-order chi connectivity index (χ1) is 7.63. The van der Waals surface area contributed by atoms with Gasteiger partial charge in [0.2, 0.25) is 5.89 Å². The van der Waals surface area contributed by atoms with Crippen molar-refractivity contribution in [1.82, 2.24) is 9.78 Å². The van der Waals surface area contributed by atoms with Gasteiger partial charge in [-0.25, -0.2) is 13.6 Å². The summed E-state index contributed by atoms with van der Waals surface area (Å²) in [6.45, 7) is -0.528. The number of hydrogen-bond acceptors (Lipinski definition) is 5. The lowest BCUT2D eigenvalue weighted by Crippen LogP contribution is -2.20. The van der Waals surface area contributed by atoms with Crippen LogP contribution in [0.1, 0.15) is 5.89 Å². The van der Waals surface area contributed by atoms with Gasteiger partial charge in [-0.2, -0.15) is 4.68 Å². The zero-order valence-electron chi connectivity index (χ0n) is 8.69. The summed E-state index contributed by atoms with van der Waals surface area (Å²) in [5.41, 5.74) is 0. The zero-order valence-corrected chi connectivity index (χ0v) is 8.69. The largest absolute Gasteiger partial charge is 0.437 e. The summed E-state index contributed by atoms with van der Waals surface area (Å²) in [5.74, 6) is -0.519. The third-order valence-electron chi connectivity index (χ3n) is 1.61. The molecule has 0 bridgehead atoms. The van der Waals surface area contributed by atoms with Crippen LogP contribution in [0.5, 0.6) is 0 Å². The van der Waals surface area contributed by atoms with E-state index >= 15 is 0 Å². The van der Waals surface area contributed by atoms with E-state index in [0.29, 0.717) is 0 Å². The molecule has 0 spiro atoms. The van der Waals surface area contributed by atoms with Crippen LogP contribution in [0.4, 0.5) is 8.78 Å². The van der Waals surface area contributed by atoms with Crippen LogP contribution < -0.4 is 5.76 Å². The summed E-state index contributed by atoms with van der Waals surface area (Å²) >= 11 is 0. The van der Waals surface area contributed by atoms with Crippen molar-refractivity contribution < 1.29 is 22.7 Å². The Morgan fingerprint density at radius 3 is 2.94 bits per heavy atom. The standard InChI is InChI=1S/C8H12F2N2O4/c1-14-5-7-11-12(8(13)16-7)2-3-15-4-6(9)10/h6H,2-5H2,1H3. The first kappa shape index (κ1) is 12.8. The average molecular weight is 238 g/mol. The monoisotopic (exact) mass is 238 g/mol. The molecule has 8 heteroatoms. The fourth-order valence-electron chi connectivity index (χ4n) is 0.996. The van der Waals surface area contributed by atoms with Gasteiger partial charge in [-0.3, -0.25) is 0 Å². The molecule has 0 aliphatic rings. The molecule has 0 atom stereocenters. The van der Waals surface area contributed by atoms with Crippen LogP contribution in [0.15, 0.2) is 9.21 Å². The van der Waals surface area contributed by atoms with E-state index in [1.165, 1.54) is 7.11 Å². The first-order valence-corrected chi connectivity index (χ1v) is 4.55. The number of ether oxygens (including phenoxy) is 2. The zero-order chi connectivity index (χ0) is 12.0. The Labute approximate surface area is 89.8 Å². The van der Waals surface area contributed by atoms with E-state index in [2.05, 4.69) is 9.84 Å². The van der Waals surface area contributed by atoms with Gasteiger partial charge in [0.05, 0.1) is 13.2 Å². The summed E-state index contributed by atoms with van der Waals surface area (Å²) in [5, 5.41) is 3.76. The van der Waals surface area contributed by atoms with Crippen LogP contribution in [0, 0.1) is 0 Å². The summed E-state index contributed by atoms with van der Waals surface area (Å²) in [6.07, 6.45) is -2.52. The Hall–Kier alpha value is -1.28. The highest BCUT2D eigenvalue weighted by Crippen LogP contribution is 1.94. The molecule has 1 rings (SSSR count). The predicted octanol–water partition coefficient (Wildman–Crippen LogP) is 0.264. The van der Waals surface area contributed by atoms with E-state index in [9.17, 15) is 13.6 Å². The average Bonchev–Trinajstić information content (AvgIpc) is 2.54. The van der Waals surface area contributed by atoms with Gasteiger partial charge < -0.3 is 13.9 Å². The van der Waals surface area contributed by atoms with Gasteiger partial charge in [0.1, 0.15) is 13.2 Å². The second-order valence-electron chi connectivity index (χ2n) is 2.88. The Kier molecular flexibility index (Phi) is 5.06. The van der Waals surface area contributed by atoms with Crippen molar-refractivity contribution in [2.45, 2.75) is 19.6 Å². The molecule has 1 aromatic rings. The predicted molar refractivity (Wildman–Crippen MR) is 48.3 cm³/mol. The Bertz CT molecular complexity index is 363. The maximum absolute atomic E-state index is 11.7. The van der Waals surface area contributed by atoms with Crippen molar-refractivity contribution >= 4 is 0 Å². The van der Waals surface area contributed by atoms with Crippen molar-refractivity contribution in [3.63, 3.8) is 0 Å². The minimum Gasteiger partial charge on any atom is -0.390 e. The van der Waals surface area contributed by atoms with E-state index in [-0.39, 0.29) is 25.6 Å². The molecule has 0 amide bonds. The normalized spacial score (nSPS) is 11.2. The minimum absolute atomic E-state index is 0.0246. The van der Waals surface area contributed by atoms with Crippen molar-refractivity contribution in [3.05, 3.63) is 16.4 Å². The Morgan fingerprint density at radius 2 is 2.31 bits per heavy atom. The number of hydrogen-bond donors (Lipinski definition) is 0. The van der Waals surface area contributed by atoms with E-state index in [4.69, 9.17) is 9.15 Å². The lowest BCUT2D eigenvalue weighted by molar-refractivity contribution is 0.0136. The molecule has 0 unspecified atom stereocenters. The molecule has 0 aromatic carbocycles. The topological polar surface area (TPSA) is 66.5 Å². The lowest BCUT2D eigenvalue weighted by atomic mass is 10.7. The molecular weight excluding hydrogens is 226 g/mol. The van der Waals surface area contributed by atoms with Crippen molar-refractivity contribution in [2.24, 2.45) is 0 Å². The van der Waals surface area contributed by atoms with Crippen LogP contribution in [-0.2, 0) is 22.6 Å². The highest BCUT2D eigenvalue weighted by molar-refractivity contribution is 4.70. The molecule has 92 valence electrons. The maximum atomic E-state index is 11.7. The maximum Gasteiger partial charge on any atom is 0.437 e. The Balaban J connectivity index is 2.38. The van der Waals surface area contributed by atoms with E-state index in [1.54, 1.807) is 0 Å². The van der Waals surface area contributed by atoms with Gasteiger partial charge in [-0.05, 0) is 0 Å². The van der Waals surface area contributed by atoms with Crippen molar-refractivity contribution in [1.29, 1.82) is 0 Å². The smallest absolute Gasteiger partial charge is 0.390 e. The molecular formula is C8H12F2N2O4. The highest BCUT2D eigenvalue weighted by Gasteiger charge is 2.08. The van der Waals surface area contributed by atoms with Crippen LogP contribution in [-0.4, -0.2) is 36.5 Å². The summed E-state index contributed by atoms with van der Waals surface area (Å²) in [6, 6.07) is 0. The third-order valence-corrected chi connectivity index (χ3v) is 1.61. The second-order valence-corrected chi connectivity index (χ2v) is 2.88. The third kappa shape index (κ3) is 4.07. The number of alkyl halides is 2. The van der Waals surface area contributed by atoms with Crippen molar-refractivity contribution in [3.8, 4) is 0 Å². The summed E-state index contributed by atoms with van der Waals surface area (Å²) in [7, 11) is 1.44. The van der Waals surface area contributed by atoms with Crippen LogP contribution >= 0.6 is 0 Å². The molecule has 16 heavy (non-hydrogen) atoms. The molecule has 0 radical (unpaired) electrons. The van der Waals surface area contributed by atoms with Gasteiger partial charge in [-0.1, -0.05) is 0 Å². The summed E-state index contributed by atoms with van der Waals surface area (Å²) < 4.78 is 38.4. The number of rotatable bonds is 7. The fraction of sp³-hybridized carbons (Fsp3) is 0.750. The molecule has 6 nitrogen and oxygen atoms in total. The van der Waals surface area contributed by atoms with Gasteiger partial charge in [0.15, 0.2) is 0 Å². The first-order valence-electron chi connectivity index (χ1n) is 4.55. The minimum atomic E-state index is -2.52. The van der Waals surface area contributed by atoms with E-state index in [0.717, 1.165) is 4.68 Å². The van der Waals surface area contributed by atoms with Crippen LogP contribution in [0.25, 0.3) is 0 Å². The molecule has 0 fully saturated rings. The van der Waals surface area contributed by atoms with E-state index in [1.807, 2.05) is 0 Å².